The first-order chi connectivity index (χ1) is 11.4. The molecule has 26 heavy (non-hydrogen) atoms. The number of nitrogens with zero attached hydrogens (tertiary/aromatic N) is 3. The molecule has 1 aromatic rings. The molecule has 0 spiro atoms. The minimum absolute atomic E-state index is 0. The van der Waals surface area contributed by atoms with E-state index < -0.39 is 0 Å². The van der Waals surface area contributed by atoms with E-state index in [0.717, 1.165) is 38.5 Å². The number of amides is 1. The summed E-state index contributed by atoms with van der Waals surface area (Å²) in [5.41, 5.74) is 5.50. The third-order valence-electron chi connectivity index (χ3n) is 5.12. The maximum Gasteiger partial charge on any atom is 0.221 e. The Bertz CT molecular complexity index is 524. The van der Waals surface area contributed by atoms with E-state index in [1.165, 1.54) is 0 Å². The van der Waals surface area contributed by atoms with Crippen molar-refractivity contribution < 1.29 is 4.79 Å². The Labute approximate surface area is 169 Å². The molecule has 1 amide bonds. The molecular formula is C18H33Cl2N5O. The molecule has 1 saturated heterocycles. The number of pyridine rings is 1. The van der Waals surface area contributed by atoms with Crippen LogP contribution in [0.15, 0.2) is 24.4 Å². The van der Waals surface area contributed by atoms with Crippen LogP contribution in [0.25, 0.3) is 0 Å². The van der Waals surface area contributed by atoms with E-state index in [2.05, 4.69) is 33.9 Å². The van der Waals surface area contributed by atoms with Gasteiger partial charge >= 0.3 is 0 Å². The van der Waals surface area contributed by atoms with Gasteiger partial charge in [-0.15, -0.1) is 24.8 Å². The summed E-state index contributed by atoms with van der Waals surface area (Å²) in [6.07, 6.45) is 2.35. The van der Waals surface area contributed by atoms with Crippen LogP contribution in [0.2, 0.25) is 0 Å². The van der Waals surface area contributed by atoms with Crippen LogP contribution in [-0.4, -0.2) is 60.6 Å². The van der Waals surface area contributed by atoms with Crippen LogP contribution in [0.1, 0.15) is 27.2 Å². The van der Waals surface area contributed by atoms with Crippen molar-refractivity contribution in [3.8, 4) is 0 Å². The average molecular weight is 406 g/mol. The Morgan fingerprint density at radius 2 is 1.92 bits per heavy atom. The number of piperazine rings is 1. The van der Waals surface area contributed by atoms with Crippen LogP contribution in [0.3, 0.4) is 0 Å². The molecule has 0 aliphatic carbocycles. The minimum Gasteiger partial charge on any atom is -0.354 e. The van der Waals surface area contributed by atoms with Crippen molar-refractivity contribution in [2.24, 2.45) is 11.7 Å². The zero-order chi connectivity index (χ0) is 17.6. The highest BCUT2D eigenvalue weighted by Crippen LogP contribution is 2.15. The summed E-state index contributed by atoms with van der Waals surface area (Å²) in [4.78, 5) is 21.3. The summed E-state index contributed by atoms with van der Waals surface area (Å²) in [6, 6.07) is 6.00. The molecule has 0 radical (unpaired) electrons. The molecule has 8 heteroatoms. The van der Waals surface area contributed by atoms with Crippen molar-refractivity contribution in [1.82, 2.24) is 15.2 Å². The number of nitrogens with two attached hydrogens (primary N) is 1. The van der Waals surface area contributed by atoms with Gasteiger partial charge in [-0.05, 0) is 25.0 Å². The number of aromatic nitrogens is 1. The number of hydrogen-bond acceptors (Lipinski definition) is 5. The highest BCUT2D eigenvalue weighted by Gasteiger charge is 2.28. The van der Waals surface area contributed by atoms with Crippen LogP contribution in [0.4, 0.5) is 5.82 Å². The van der Waals surface area contributed by atoms with Gasteiger partial charge in [-0.2, -0.15) is 0 Å². The minimum atomic E-state index is -0.325. The topological polar surface area (TPSA) is 74.5 Å². The number of hydrogen-bond donors (Lipinski definition) is 2. The molecule has 3 N–H and O–H groups in total. The van der Waals surface area contributed by atoms with E-state index in [4.69, 9.17) is 5.73 Å². The zero-order valence-electron chi connectivity index (χ0n) is 16.0. The Hall–Kier alpha value is -1.08. The Morgan fingerprint density at radius 1 is 1.27 bits per heavy atom. The van der Waals surface area contributed by atoms with Gasteiger partial charge in [-0.25, -0.2) is 4.98 Å². The van der Waals surface area contributed by atoms with E-state index in [9.17, 15) is 4.79 Å². The molecule has 1 fully saturated rings. The largest absolute Gasteiger partial charge is 0.354 e. The first-order valence-corrected chi connectivity index (χ1v) is 8.84. The van der Waals surface area contributed by atoms with Gasteiger partial charge < -0.3 is 16.0 Å². The van der Waals surface area contributed by atoms with Crippen LogP contribution < -0.4 is 16.0 Å². The van der Waals surface area contributed by atoms with Crippen molar-refractivity contribution in [3.05, 3.63) is 24.4 Å². The van der Waals surface area contributed by atoms with E-state index in [0.29, 0.717) is 18.9 Å². The molecule has 0 saturated carbocycles. The molecule has 1 aliphatic heterocycles. The summed E-state index contributed by atoms with van der Waals surface area (Å²) in [6.45, 7) is 11.3. The quantitative estimate of drug-likeness (QED) is 0.724. The summed E-state index contributed by atoms with van der Waals surface area (Å²) in [5.74, 6) is 1.43. The monoisotopic (exact) mass is 405 g/mol. The summed E-state index contributed by atoms with van der Waals surface area (Å²) in [7, 11) is 0. The van der Waals surface area contributed by atoms with E-state index in [1.54, 1.807) is 0 Å². The number of halogens is 2. The lowest BCUT2D eigenvalue weighted by Crippen LogP contribution is -2.55. The molecule has 0 bridgehead atoms. The van der Waals surface area contributed by atoms with Crippen LogP contribution in [0, 0.1) is 5.92 Å². The number of nitrogens with one attached hydrogen (secondary N) is 1. The molecular weight excluding hydrogens is 373 g/mol. The van der Waals surface area contributed by atoms with Crippen molar-refractivity contribution in [2.45, 2.75) is 32.7 Å². The number of carbonyl (C=O) groups is 1. The third kappa shape index (κ3) is 6.91. The summed E-state index contributed by atoms with van der Waals surface area (Å²) < 4.78 is 0. The fourth-order valence-electron chi connectivity index (χ4n) is 2.81. The maximum atomic E-state index is 12.2. The lowest BCUT2D eigenvalue weighted by Gasteiger charge is -2.36. The van der Waals surface area contributed by atoms with Gasteiger partial charge in [0.2, 0.25) is 5.91 Å². The highest BCUT2D eigenvalue weighted by atomic mass is 35.5. The van der Waals surface area contributed by atoms with Crippen molar-refractivity contribution in [2.75, 3.05) is 44.2 Å². The van der Waals surface area contributed by atoms with Gasteiger partial charge in [0.15, 0.2) is 0 Å². The maximum absolute atomic E-state index is 12.2. The smallest absolute Gasteiger partial charge is 0.221 e. The molecule has 0 aromatic carbocycles. The normalized spacial score (nSPS) is 17.0. The SMILES string of the molecule is CC(C)C(C)(CN)NC(=O)CCN1CCN(c2ccccn2)CC1.Cl.Cl. The first-order valence-electron chi connectivity index (χ1n) is 8.84. The number of carbonyl (C=O) groups excluding carboxylic acids is 1. The lowest BCUT2D eigenvalue weighted by molar-refractivity contribution is -0.123. The highest BCUT2D eigenvalue weighted by molar-refractivity contribution is 5.85. The predicted octanol–water partition coefficient (Wildman–Crippen LogP) is 1.93. The Balaban J connectivity index is 0.00000312. The van der Waals surface area contributed by atoms with Gasteiger partial charge in [0, 0.05) is 51.9 Å². The predicted molar refractivity (Wildman–Crippen MR) is 112 cm³/mol. The van der Waals surface area contributed by atoms with Gasteiger partial charge in [0.25, 0.3) is 0 Å². The Kier molecular flexibility index (Phi) is 11.1. The second kappa shape index (κ2) is 11.6. The zero-order valence-corrected chi connectivity index (χ0v) is 17.6. The van der Waals surface area contributed by atoms with Gasteiger partial charge in [0.05, 0.1) is 5.54 Å². The molecule has 1 aromatic heterocycles. The second-order valence-corrected chi connectivity index (χ2v) is 7.09. The average Bonchev–Trinajstić information content (AvgIpc) is 2.61. The van der Waals surface area contributed by atoms with E-state index in [-0.39, 0.29) is 36.3 Å². The van der Waals surface area contributed by atoms with E-state index in [1.807, 2.05) is 31.3 Å². The lowest BCUT2D eigenvalue weighted by atomic mass is 9.88. The van der Waals surface area contributed by atoms with Gasteiger partial charge in [-0.3, -0.25) is 9.69 Å². The van der Waals surface area contributed by atoms with Crippen LogP contribution in [0.5, 0.6) is 0 Å². The standard InChI is InChI=1S/C18H31N5O.2ClH/c1-15(2)18(3,14-19)21-17(24)7-9-22-10-12-23(13-11-22)16-6-4-5-8-20-16;;/h4-6,8,15H,7,9-14,19H2,1-3H3,(H,21,24);2*1H. The molecule has 150 valence electrons. The number of anilines is 1. The molecule has 1 unspecified atom stereocenters. The van der Waals surface area contributed by atoms with Crippen LogP contribution >= 0.6 is 24.8 Å². The second-order valence-electron chi connectivity index (χ2n) is 7.09. The molecule has 1 aliphatic rings. The third-order valence-corrected chi connectivity index (χ3v) is 5.12. The molecule has 2 rings (SSSR count). The van der Waals surface area contributed by atoms with Crippen molar-refractivity contribution in [1.29, 1.82) is 0 Å². The van der Waals surface area contributed by atoms with Crippen LogP contribution in [-0.2, 0) is 4.79 Å². The molecule has 1 atom stereocenters. The van der Waals surface area contributed by atoms with Gasteiger partial charge in [-0.1, -0.05) is 19.9 Å². The molecule has 2 heterocycles. The molecule has 6 nitrogen and oxygen atoms in total. The summed E-state index contributed by atoms with van der Waals surface area (Å²) >= 11 is 0. The van der Waals surface area contributed by atoms with Crippen molar-refractivity contribution >= 4 is 36.5 Å². The first kappa shape index (κ1) is 24.9. The summed E-state index contributed by atoms with van der Waals surface area (Å²) in [5, 5.41) is 3.11. The van der Waals surface area contributed by atoms with Crippen molar-refractivity contribution in [3.63, 3.8) is 0 Å². The fourth-order valence-corrected chi connectivity index (χ4v) is 2.81. The number of rotatable bonds is 7. The Morgan fingerprint density at radius 3 is 2.42 bits per heavy atom. The van der Waals surface area contributed by atoms with E-state index >= 15 is 0 Å². The fraction of sp³-hybridized carbons (Fsp3) is 0.667. The van der Waals surface area contributed by atoms with Gasteiger partial charge in [0.1, 0.15) is 5.82 Å².